The molecule has 9 nitrogen and oxygen atoms in total. The molecule has 0 bridgehead atoms. The molecule has 1 fully saturated rings. The summed E-state index contributed by atoms with van der Waals surface area (Å²) in [5.41, 5.74) is 7.49. The van der Waals surface area contributed by atoms with Gasteiger partial charge in [-0.25, -0.2) is 4.98 Å². The third kappa shape index (κ3) is 7.71. The number of hydrogen-bond acceptors (Lipinski definition) is 8. The summed E-state index contributed by atoms with van der Waals surface area (Å²) in [6.07, 6.45) is 5.33. The maximum atomic E-state index is 11.9. The maximum Gasteiger partial charge on any atom is 0.320 e. The fraction of sp³-hybridized carbons (Fsp3) is 0.459. The summed E-state index contributed by atoms with van der Waals surface area (Å²) in [6, 6.07) is 15.7. The third-order valence-electron chi connectivity index (χ3n) is 9.09. The van der Waals surface area contributed by atoms with Crippen LogP contribution in [0.15, 0.2) is 52.9 Å². The topological polar surface area (TPSA) is 109 Å². The van der Waals surface area contributed by atoms with Crippen molar-refractivity contribution in [1.82, 2.24) is 14.8 Å². The van der Waals surface area contributed by atoms with E-state index in [2.05, 4.69) is 37.9 Å². The molecule has 1 aliphatic heterocycles. The Balaban J connectivity index is 1.35. The number of carboxylic acid groups (broad SMARTS) is 1. The van der Waals surface area contributed by atoms with E-state index in [9.17, 15) is 9.90 Å². The summed E-state index contributed by atoms with van der Waals surface area (Å²) in [5.74, 6) is 1.30. The van der Waals surface area contributed by atoms with Gasteiger partial charge in [-0.1, -0.05) is 30.7 Å². The number of methoxy groups -OCH3 is 1. The standard InChI is InChI=1S/C37H47N3O6/c1-25-28(29-13-10-16-33(26(29)2)45-21-11-18-39(3)17-7-8-20-41)12-9-14-30(25)36-38-31-22-27(34(44-4)23-35(31)46-36)24-40-19-6-5-15-32(40)37(42)43/h9-10,12-14,16,22-23,32,41H,5-8,11,15,17-21,24H2,1-4H3,(H,42,43). The van der Waals surface area contributed by atoms with Crippen LogP contribution in [-0.4, -0.2) is 84.0 Å². The molecule has 0 saturated carbocycles. The van der Waals surface area contributed by atoms with Crippen molar-refractivity contribution in [1.29, 1.82) is 0 Å². The number of nitrogens with zero attached hydrogens (tertiary/aromatic N) is 3. The van der Waals surface area contributed by atoms with Gasteiger partial charge in [0, 0.05) is 36.9 Å². The van der Waals surface area contributed by atoms with Crippen molar-refractivity contribution >= 4 is 17.1 Å². The lowest BCUT2D eigenvalue weighted by Gasteiger charge is -2.33. The van der Waals surface area contributed by atoms with Crippen LogP contribution in [0.2, 0.25) is 0 Å². The lowest BCUT2D eigenvalue weighted by molar-refractivity contribution is -0.144. The highest BCUT2D eigenvalue weighted by Crippen LogP contribution is 2.38. The van der Waals surface area contributed by atoms with Gasteiger partial charge >= 0.3 is 5.97 Å². The number of unbranched alkanes of at least 4 members (excludes halogenated alkanes) is 1. The number of ether oxygens (including phenoxy) is 2. The molecule has 1 aromatic heterocycles. The van der Waals surface area contributed by atoms with Gasteiger partial charge in [-0.15, -0.1) is 0 Å². The monoisotopic (exact) mass is 629 g/mol. The summed E-state index contributed by atoms with van der Waals surface area (Å²) < 4.78 is 18.2. The van der Waals surface area contributed by atoms with Gasteiger partial charge in [-0.05, 0) is 107 Å². The molecule has 46 heavy (non-hydrogen) atoms. The lowest BCUT2D eigenvalue weighted by atomic mass is 9.93. The lowest BCUT2D eigenvalue weighted by Crippen LogP contribution is -2.44. The average Bonchev–Trinajstić information content (AvgIpc) is 3.46. The second-order valence-corrected chi connectivity index (χ2v) is 12.3. The van der Waals surface area contributed by atoms with Crippen molar-refractivity contribution in [2.75, 3.05) is 47.0 Å². The Bertz CT molecular complexity index is 1630. The molecule has 2 N–H and O–H groups in total. The molecule has 1 saturated heterocycles. The second kappa shape index (κ2) is 15.6. The van der Waals surface area contributed by atoms with Crippen molar-refractivity contribution in [2.24, 2.45) is 0 Å². The Hall–Kier alpha value is -3.92. The number of aliphatic carboxylic acids is 1. The molecule has 0 radical (unpaired) electrons. The number of piperidine rings is 1. The van der Waals surface area contributed by atoms with Gasteiger partial charge in [0.1, 0.15) is 23.1 Å². The van der Waals surface area contributed by atoms with Crippen molar-refractivity contribution in [3.63, 3.8) is 0 Å². The van der Waals surface area contributed by atoms with Gasteiger partial charge in [-0.3, -0.25) is 9.69 Å². The fourth-order valence-electron chi connectivity index (χ4n) is 6.45. The normalized spacial score (nSPS) is 15.5. The fourth-order valence-corrected chi connectivity index (χ4v) is 6.45. The van der Waals surface area contributed by atoms with Crippen LogP contribution in [0.1, 0.15) is 55.2 Å². The molecule has 1 unspecified atom stereocenters. The molecule has 4 aromatic rings. The minimum absolute atomic E-state index is 0.247. The molecule has 9 heteroatoms. The average molecular weight is 630 g/mol. The molecule has 0 aliphatic carbocycles. The van der Waals surface area contributed by atoms with Gasteiger partial charge in [-0.2, -0.15) is 0 Å². The third-order valence-corrected chi connectivity index (χ3v) is 9.09. The number of fused-ring (bicyclic) bond motifs is 1. The molecular weight excluding hydrogens is 582 g/mol. The van der Waals surface area contributed by atoms with E-state index < -0.39 is 12.0 Å². The summed E-state index contributed by atoms with van der Waals surface area (Å²) in [5, 5.41) is 18.8. The highest BCUT2D eigenvalue weighted by molar-refractivity contribution is 5.83. The van der Waals surface area contributed by atoms with Crippen molar-refractivity contribution < 1.29 is 28.9 Å². The zero-order valence-electron chi connectivity index (χ0n) is 27.6. The number of hydrogen-bond donors (Lipinski definition) is 2. The van der Waals surface area contributed by atoms with Gasteiger partial charge in [0.15, 0.2) is 5.58 Å². The Morgan fingerprint density at radius 1 is 1.00 bits per heavy atom. The number of carboxylic acids is 1. The molecule has 2 heterocycles. The molecular formula is C37H47N3O6. The summed E-state index contributed by atoms with van der Waals surface area (Å²) in [6.45, 7) is 8.22. The van der Waals surface area contributed by atoms with Crippen LogP contribution in [0, 0.1) is 13.8 Å². The number of rotatable bonds is 15. The van der Waals surface area contributed by atoms with Crippen molar-refractivity contribution in [2.45, 2.75) is 65.0 Å². The molecule has 0 spiro atoms. The Labute approximate surface area is 271 Å². The van der Waals surface area contributed by atoms with E-state index in [1.165, 1.54) is 0 Å². The number of benzene rings is 3. The molecule has 246 valence electrons. The van der Waals surface area contributed by atoms with Crippen molar-refractivity contribution in [3.8, 4) is 34.1 Å². The molecule has 1 atom stereocenters. The number of likely N-dealkylation sites (tertiary alicyclic amines) is 1. The van der Waals surface area contributed by atoms with Gasteiger partial charge < -0.3 is 29.0 Å². The number of aliphatic hydroxyl groups excluding tert-OH is 1. The minimum atomic E-state index is -0.778. The SMILES string of the molecule is COc1cc2oc(-c3cccc(-c4cccc(OCCCN(C)CCCCO)c4C)c3C)nc2cc1CN1CCCCC1C(=O)O. The number of aromatic nitrogens is 1. The van der Waals surface area contributed by atoms with E-state index in [1.807, 2.05) is 41.3 Å². The van der Waals surface area contributed by atoms with Crippen LogP contribution in [-0.2, 0) is 11.3 Å². The number of carbonyl (C=O) groups is 1. The zero-order chi connectivity index (χ0) is 32.6. The first-order chi connectivity index (χ1) is 22.3. The second-order valence-electron chi connectivity index (χ2n) is 12.3. The van der Waals surface area contributed by atoms with Crippen LogP contribution < -0.4 is 9.47 Å². The first kappa shape index (κ1) is 33.4. The van der Waals surface area contributed by atoms with E-state index in [1.54, 1.807) is 7.11 Å². The first-order valence-electron chi connectivity index (χ1n) is 16.4. The molecule has 3 aromatic carbocycles. The highest BCUT2D eigenvalue weighted by atomic mass is 16.5. The summed E-state index contributed by atoms with van der Waals surface area (Å²) in [4.78, 5) is 21.1. The van der Waals surface area contributed by atoms with Gasteiger partial charge in [0.25, 0.3) is 0 Å². The Kier molecular flexibility index (Phi) is 11.3. The van der Waals surface area contributed by atoms with Crippen LogP contribution in [0.5, 0.6) is 11.5 Å². The first-order valence-corrected chi connectivity index (χ1v) is 16.4. The van der Waals surface area contributed by atoms with Gasteiger partial charge in [0.05, 0.1) is 13.7 Å². The van der Waals surface area contributed by atoms with E-state index in [4.69, 9.17) is 24.0 Å². The van der Waals surface area contributed by atoms with E-state index in [0.717, 1.165) is 90.9 Å². The number of oxazole rings is 1. The summed E-state index contributed by atoms with van der Waals surface area (Å²) in [7, 11) is 3.73. The largest absolute Gasteiger partial charge is 0.496 e. The van der Waals surface area contributed by atoms with Crippen LogP contribution in [0.4, 0.5) is 0 Å². The van der Waals surface area contributed by atoms with Gasteiger partial charge in [0.2, 0.25) is 5.89 Å². The van der Waals surface area contributed by atoms with Crippen LogP contribution >= 0.6 is 0 Å². The summed E-state index contributed by atoms with van der Waals surface area (Å²) >= 11 is 0. The highest BCUT2D eigenvalue weighted by Gasteiger charge is 2.29. The quantitative estimate of drug-likeness (QED) is 0.139. The minimum Gasteiger partial charge on any atom is -0.496 e. The number of aliphatic hydroxyl groups is 1. The maximum absolute atomic E-state index is 11.9. The zero-order valence-corrected chi connectivity index (χ0v) is 27.6. The molecule has 0 amide bonds. The predicted octanol–water partition coefficient (Wildman–Crippen LogP) is 6.70. The predicted molar refractivity (Wildman–Crippen MR) is 181 cm³/mol. The van der Waals surface area contributed by atoms with Crippen LogP contribution in [0.25, 0.3) is 33.7 Å². The Morgan fingerprint density at radius 2 is 1.74 bits per heavy atom. The molecule has 5 rings (SSSR count). The Morgan fingerprint density at radius 3 is 2.50 bits per heavy atom. The van der Waals surface area contributed by atoms with Crippen LogP contribution in [0.3, 0.4) is 0 Å². The smallest absolute Gasteiger partial charge is 0.320 e. The van der Waals surface area contributed by atoms with E-state index in [0.29, 0.717) is 42.3 Å². The van der Waals surface area contributed by atoms with E-state index >= 15 is 0 Å². The van der Waals surface area contributed by atoms with Crippen molar-refractivity contribution in [3.05, 3.63) is 65.2 Å². The molecule has 1 aliphatic rings. The van der Waals surface area contributed by atoms with E-state index in [-0.39, 0.29) is 6.61 Å².